The summed E-state index contributed by atoms with van der Waals surface area (Å²) in [5.41, 5.74) is 7.95. The summed E-state index contributed by atoms with van der Waals surface area (Å²) in [5, 5.41) is 2.21. The molecule has 168 valence electrons. The summed E-state index contributed by atoms with van der Waals surface area (Å²) in [6.07, 6.45) is 1.60. The smallest absolute Gasteiger partial charge is 0.153 e. The third kappa shape index (κ3) is 4.59. The van der Waals surface area contributed by atoms with Crippen molar-refractivity contribution in [2.75, 3.05) is 0 Å². The lowest BCUT2D eigenvalue weighted by atomic mass is 9.99. The number of benzene rings is 3. The Morgan fingerprint density at radius 1 is 0.647 bits per heavy atom. The SMILES string of the molecule is Cc1cccc2cc(C=O)c(Cl)nc12.Cc1ccccc1-c1nc2c(C)cccc2cc1C=O. The van der Waals surface area contributed by atoms with E-state index in [9.17, 15) is 9.59 Å². The maximum Gasteiger partial charge on any atom is 0.153 e. The number of aryl methyl sites for hydroxylation is 3. The first-order valence-electron chi connectivity index (χ1n) is 10.9. The fourth-order valence-corrected chi connectivity index (χ4v) is 4.11. The van der Waals surface area contributed by atoms with Gasteiger partial charge in [-0.25, -0.2) is 9.97 Å². The zero-order valence-electron chi connectivity index (χ0n) is 19.2. The minimum absolute atomic E-state index is 0.266. The standard InChI is InChI=1S/C18H15NO.C11H8ClNO/c1-12-6-3-4-9-16(12)18-15(11-20)10-14-8-5-7-13(2)17(14)19-18;1-7-3-2-4-8-5-9(6-14)11(12)13-10(7)8/h3-11H,1-2H3;2-6H,1H3. The molecule has 0 spiro atoms. The lowest BCUT2D eigenvalue weighted by molar-refractivity contribution is 0.111. The third-order valence-electron chi connectivity index (χ3n) is 5.76. The van der Waals surface area contributed by atoms with Crippen molar-refractivity contribution in [3.8, 4) is 11.3 Å². The van der Waals surface area contributed by atoms with Crippen LogP contribution in [-0.4, -0.2) is 22.5 Å². The molecule has 0 aliphatic heterocycles. The molecule has 3 aromatic carbocycles. The quantitative estimate of drug-likeness (QED) is 0.206. The van der Waals surface area contributed by atoms with Gasteiger partial charge in [0.2, 0.25) is 0 Å². The van der Waals surface area contributed by atoms with Gasteiger partial charge in [0.15, 0.2) is 12.6 Å². The van der Waals surface area contributed by atoms with Gasteiger partial charge in [-0.3, -0.25) is 9.59 Å². The van der Waals surface area contributed by atoms with Crippen LogP contribution in [0.1, 0.15) is 37.4 Å². The molecule has 4 nitrogen and oxygen atoms in total. The van der Waals surface area contributed by atoms with Crippen molar-refractivity contribution in [2.45, 2.75) is 20.8 Å². The normalized spacial score (nSPS) is 10.6. The van der Waals surface area contributed by atoms with Gasteiger partial charge < -0.3 is 0 Å². The fourth-order valence-electron chi connectivity index (χ4n) is 3.93. The molecule has 0 atom stereocenters. The first-order chi connectivity index (χ1) is 16.4. The number of aldehydes is 2. The molecule has 0 amide bonds. The van der Waals surface area contributed by atoms with E-state index in [1.165, 1.54) is 0 Å². The number of fused-ring (bicyclic) bond motifs is 2. The average molecular weight is 467 g/mol. The van der Waals surface area contributed by atoms with Gasteiger partial charge in [-0.15, -0.1) is 0 Å². The van der Waals surface area contributed by atoms with Gasteiger partial charge in [-0.05, 0) is 49.6 Å². The number of halogens is 1. The highest BCUT2D eigenvalue weighted by Crippen LogP contribution is 2.28. The van der Waals surface area contributed by atoms with Crippen molar-refractivity contribution in [3.63, 3.8) is 0 Å². The Labute approximate surface area is 203 Å². The number of aromatic nitrogens is 2. The van der Waals surface area contributed by atoms with Crippen LogP contribution in [0.2, 0.25) is 5.15 Å². The monoisotopic (exact) mass is 466 g/mol. The maximum atomic E-state index is 11.4. The summed E-state index contributed by atoms with van der Waals surface area (Å²) in [4.78, 5) is 31.0. The highest BCUT2D eigenvalue weighted by Gasteiger charge is 2.11. The van der Waals surface area contributed by atoms with Crippen LogP contribution < -0.4 is 0 Å². The molecule has 34 heavy (non-hydrogen) atoms. The van der Waals surface area contributed by atoms with Gasteiger partial charge in [-0.1, -0.05) is 72.3 Å². The largest absolute Gasteiger partial charge is 0.298 e. The molecule has 5 heteroatoms. The number of carbonyl (C=O) groups excluding carboxylic acids is 2. The molecule has 2 aromatic heterocycles. The summed E-state index contributed by atoms with van der Waals surface area (Å²) in [6.45, 7) is 6.04. The van der Waals surface area contributed by atoms with Crippen molar-refractivity contribution in [3.05, 3.63) is 106 Å². The molecule has 5 aromatic rings. The zero-order valence-corrected chi connectivity index (χ0v) is 19.9. The van der Waals surface area contributed by atoms with Gasteiger partial charge in [0.25, 0.3) is 0 Å². The first-order valence-corrected chi connectivity index (χ1v) is 11.2. The van der Waals surface area contributed by atoms with E-state index in [2.05, 4.69) is 4.98 Å². The molecule has 0 bridgehead atoms. The number of carbonyl (C=O) groups is 2. The summed E-state index contributed by atoms with van der Waals surface area (Å²) in [5.74, 6) is 0. The number of hydrogen-bond acceptors (Lipinski definition) is 4. The van der Waals surface area contributed by atoms with E-state index < -0.39 is 0 Å². The minimum atomic E-state index is 0.266. The fraction of sp³-hybridized carbons (Fsp3) is 0.103. The molecule has 0 saturated carbocycles. The number of rotatable bonds is 3. The van der Waals surface area contributed by atoms with Gasteiger partial charge >= 0.3 is 0 Å². The Morgan fingerprint density at radius 2 is 1.18 bits per heavy atom. The van der Waals surface area contributed by atoms with Crippen LogP contribution in [0.25, 0.3) is 33.1 Å². The van der Waals surface area contributed by atoms with E-state index in [1.54, 1.807) is 6.07 Å². The number of nitrogens with zero attached hydrogens (tertiary/aromatic N) is 2. The lowest BCUT2D eigenvalue weighted by Gasteiger charge is -2.10. The molecular weight excluding hydrogens is 444 g/mol. The predicted molar refractivity (Wildman–Crippen MR) is 139 cm³/mol. The molecule has 0 radical (unpaired) electrons. The molecule has 0 fully saturated rings. The zero-order chi connectivity index (χ0) is 24.2. The van der Waals surface area contributed by atoms with E-state index in [0.29, 0.717) is 11.1 Å². The van der Waals surface area contributed by atoms with Crippen molar-refractivity contribution in [1.29, 1.82) is 0 Å². The molecule has 0 aliphatic rings. The molecular formula is C29H23ClN2O2. The van der Waals surface area contributed by atoms with Crippen LogP contribution in [0.4, 0.5) is 0 Å². The average Bonchev–Trinajstić information content (AvgIpc) is 2.84. The van der Waals surface area contributed by atoms with E-state index in [0.717, 1.165) is 62.3 Å². The van der Waals surface area contributed by atoms with E-state index in [1.807, 2.05) is 87.5 Å². The summed E-state index contributed by atoms with van der Waals surface area (Å²) >= 11 is 5.83. The van der Waals surface area contributed by atoms with Crippen molar-refractivity contribution >= 4 is 46.0 Å². The molecule has 0 N–H and O–H groups in total. The van der Waals surface area contributed by atoms with Gasteiger partial charge in [0.1, 0.15) is 5.15 Å². The Kier molecular flexibility index (Phi) is 6.80. The topological polar surface area (TPSA) is 59.9 Å². The van der Waals surface area contributed by atoms with Crippen LogP contribution in [0, 0.1) is 20.8 Å². The molecule has 0 aliphatic carbocycles. The Morgan fingerprint density at radius 3 is 1.76 bits per heavy atom. The summed E-state index contributed by atoms with van der Waals surface area (Å²) in [7, 11) is 0. The minimum Gasteiger partial charge on any atom is -0.298 e. The third-order valence-corrected chi connectivity index (χ3v) is 6.06. The number of pyridine rings is 2. The predicted octanol–water partition coefficient (Wildman–Crippen LogP) is 7.34. The lowest BCUT2D eigenvalue weighted by Crippen LogP contribution is -1.96. The van der Waals surface area contributed by atoms with E-state index in [-0.39, 0.29) is 5.15 Å². The molecule has 2 heterocycles. The summed E-state index contributed by atoms with van der Waals surface area (Å²) < 4.78 is 0. The Bertz CT molecular complexity index is 1540. The van der Waals surface area contributed by atoms with Crippen LogP contribution in [0.3, 0.4) is 0 Å². The molecule has 0 unspecified atom stereocenters. The second-order valence-electron chi connectivity index (χ2n) is 8.14. The van der Waals surface area contributed by atoms with Crippen LogP contribution in [0.5, 0.6) is 0 Å². The van der Waals surface area contributed by atoms with Crippen molar-refractivity contribution in [1.82, 2.24) is 9.97 Å². The van der Waals surface area contributed by atoms with Crippen molar-refractivity contribution in [2.24, 2.45) is 0 Å². The van der Waals surface area contributed by atoms with Crippen molar-refractivity contribution < 1.29 is 9.59 Å². The second kappa shape index (κ2) is 9.94. The summed E-state index contributed by atoms with van der Waals surface area (Å²) in [6, 6.07) is 23.5. The maximum absolute atomic E-state index is 11.4. The molecule has 5 rings (SSSR count). The number of para-hydroxylation sites is 2. The van der Waals surface area contributed by atoms with Crippen LogP contribution in [0.15, 0.2) is 72.8 Å². The first kappa shape index (κ1) is 23.3. The van der Waals surface area contributed by atoms with Crippen LogP contribution >= 0.6 is 11.6 Å². The van der Waals surface area contributed by atoms with Gasteiger partial charge in [-0.2, -0.15) is 0 Å². The Hall–Kier alpha value is -3.89. The van der Waals surface area contributed by atoms with Gasteiger partial charge in [0.05, 0.1) is 22.3 Å². The molecule has 0 saturated heterocycles. The second-order valence-corrected chi connectivity index (χ2v) is 8.50. The van der Waals surface area contributed by atoms with E-state index in [4.69, 9.17) is 16.6 Å². The highest BCUT2D eigenvalue weighted by atomic mass is 35.5. The Balaban J connectivity index is 0.000000172. The number of hydrogen-bond donors (Lipinski definition) is 0. The van der Waals surface area contributed by atoms with Crippen LogP contribution in [-0.2, 0) is 0 Å². The van der Waals surface area contributed by atoms with E-state index >= 15 is 0 Å². The van der Waals surface area contributed by atoms with Gasteiger partial charge in [0, 0.05) is 21.9 Å². The highest BCUT2D eigenvalue weighted by molar-refractivity contribution is 6.32.